The summed E-state index contributed by atoms with van der Waals surface area (Å²) in [5, 5.41) is 0. The van der Waals surface area contributed by atoms with Crippen molar-refractivity contribution in [2.75, 3.05) is 13.2 Å². The quantitative estimate of drug-likeness (QED) is 0.0268. The van der Waals surface area contributed by atoms with E-state index in [1.165, 1.54) is 51.4 Å². The van der Waals surface area contributed by atoms with E-state index in [4.69, 9.17) is 14.2 Å². The van der Waals surface area contributed by atoms with Gasteiger partial charge in [-0.25, -0.2) is 0 Å². The Balaban J connectivity index is 4.46. The summed E-state index contributed by atoms with van der Waals surface area (Å²) in [6, 6.07) is 0. The summed E-state index contributed by atoms with van der Waals surface area (Å²) >= 11 is 0. The minimum absolute atomic E-state index is 0.104. The predicted molar refractivity (Wildman–Crippen MR) is 237 cm³/mol. The van der Waals surface area contributed by atoms with Crippen LogP contribution < -0.4 is 0 Å². The predicted octanol–water partition coefficient (Wildman–Crippen LogP) is 14.5. The maximum Gasteiger partial charge on any atom is 0.306 e. The number of carbonyl (C=O) groups is 3. The molecule has 0 saturated carbocycles. The smallest absolute Gasteiger partial charge is 0.306 e. The van der Waals surface area contributed by atoms with Crippen LogP contribution in [0.4, 0.5) is 0 Å². The van der Waals surface area contributed by atoms with Crippen LogP contribution in [-0.2, 0) is 28.6 Å². The van der Waals surface area contributed by atoms with Crippen molar-refractivity contribution in [1.82, 2.24) is 0 Å². The number of esters is 3. The number of ether oxygens (including phenoxy) is 3. The molecule has 0 N–H and O–H groups in total. The lowest BCUT2D eigenvalue weighted by molar-refractivity contribution is -0.166. The van der Waals surface area contributed by atoms with E-state index in [2.05, 4.69) is 93.7 Å². The number of rotatable bonds is 39. The topological polar surface area (TPSA) is 78.9 Å². The van der Waals surface area contributed by atoms with Crippen LogP contribution in [0.3, 0.4) is 0 Å². The first-order chi connectivity index (χ1) is 27.5. The highest BCUT2D eigenvalue weighted by molar-refractivity contribution is 5.71. The summed E-state index contributed by atoms with van der Waals surface area (Å²) in [5.74, 6) is -1.02. The molecule has 6 heteroatoms. The number of hydrogen-bond donors (Lipinski definition) is 0. The summed E-state index contributed by atoms with van der Waals surface area (Å²) in [6.45, 7) is 6.35. The van der Waals surface area contributed by atoms with Gasteiger partial charge in [-0.1, -0.05) is 183 Å². The molecule has 0 heterocycles. The van der Waals surface area contributed by atoms with Crippen molar-refractivity contribution in [3.8, 4) is 0 Å². The van der Waals surface area contributed by atoms with E-state index in [-0.39, 0.29) is 37.5 Å². The lowest BCUT2D eigenvalue weighted by Gasteiger charge is -2.18. The molecule has 0 saturated heterocycles. The fourth-order valence-electron chi connectivity index (χ4n) is 5.74. The van der Waals surface area contributed by atoms with Gasteiger partial charge in [-0.05, 0) is 77.0 Å². The van der Waals surface area contributed by atoms with Crippen LogP contribution in [0.2, 0.25) is 0 Å². The van der Waals surface area contributed by atoms with Crippen LogP contribution in [0.15, 0.2) is 85.1 Å². The standard InChI is InChI=1S/C50H82O6/c1-4-7-10-13-16-19-21-22-23-24-25-26-27-28-29-32-34-37-40-43-49(52)55-46-47(45-54-48(51)42-39-36-33-30-18-15-12-9-6-3)56-50(53)44-41-38-35-31-20-17-14-11-8-5-2/h7,10,14,16-17,19,22-23,25-26,28-29,34,37,47H,4-6,8-9,11-13,15,18,20-21,24,27,30-33,35-36,38-46H2,1-3H3/b10-7-,17-14-,19-16-,23-22-,26-25-,29-28-,37-34-. The van der Waals surface area contributed by atoms with Crippen LogP contribution >= 0.6 is 0 Å². The van der Waals surface area contributed by atoms with Crippen LogP contribution in [-0.4, -0.2) is 37.2 Å². The number of allylic oxidation sites excluding steroid dienone is 14. The molecule has 0 aliphatic rings. The SMILES string of the molecule is CC/C=C\C/C=C\C/C=C\C/C=C\C/C=C\C/C=C\CCC(=O)OCC(COC(=O)CCCCCCCCCCC)OC(=O)CCCCCC/C=C\CCCC. The first-order valence-electron chi connectivity index (χ1n) is 22.6. The number of unbranched alkanes of at least 4 members (excludes halogenated alkanes) is 14. The molecule has 318 valence electrons. The Morgan fingerprint density at radius 1 is 0.375 bits per heavy atom. The van der Waals surface area contributed by atoms with E-state index in [9.17, 15) is 14.4 Å². The molecular weight excluding hydrogens is 697 g/mol. The Kier molecular flexibility index (Phi) is 41.6. The minimum Gasteiger partial charge on any atom is -0.462 e. The van der Waals surface area contributed by atoms with Gasteiger partial charge in [0.15, 0.2) is 6.10 Å². The Morgan fingerprint density at radius 2 is 0.750 bits per heavy atom. The van der Waals surface area contributed by atoms with Gasteiger partial charge in [-0.3, -0.25) is 14.4 Å². The monoisotopic (exact) mass is 779 g/mol. The fourth-order valence-corrected chi connectivity index (χ4v) is 5.74. The molecule has 6 nitrogen and oxygen atoms in total. The van der Waals surface area contributed by atoms with Gasteiger partial charge in [-0.15, -0.1) is 0 Å². The van der Waals surface area contributed by atoms with E-state index in [0.29, 0.717) is 19.3 Å². The summed E-state index contributed by atoms with van der Waals surface area (Å²) in [4.78, 5) is 37.6. The average molecular weight is 779 g/mol. The molecule has 1 unspecified atom stereocenters. The largest absolute Gasteiger partial charge is 0.462 e. The Hall–Kier alpha value is -3.41. The van der Waals surface area contributed by atoms with Gasteiger partial charge in [0.25, 0.3) is 0 Å². The molecule has 0 aliphatic heterocycles. The molecule has 0 aromatic carbocycles. The van der Waals surface area contributed by atoms with Crippen molar-refractivity contribution >= 4 is 17.9 Å². The Morgan fingerprint density at radius 3 is 1.25 bits per heavy atom. The maximum atomic E-state index is 12.7. The van der Waals surface area contributed by atoms with E-state index >= 15 is 0 Å². The molecule has 0 aliphatic carbocycles. The lowest BCUT2D eigenvalue weighted by atomic mass is 10.1. The number of carbonyl (C=O) groups excluding carboxylic acids is 3. The van der Waals surface area contributed by atoms with Gasteiger partial charge < -0.3 is 14.2 Å². The molecule has 0 radical (unpaired) electrons. The average Bonchev–Trinajstić information content (AvgIpc) is 3.19. The minimum atomic E-state index is -0.808. The van der Waals surface area contributed by atoms with Gasteiger partial charge >= 0.3 is 17.9 Å². The second kappa shape index (κ2) is 44.3. The van der Waals surface area contributed by atoms with E-state index in [1.54, 1.807) is 0 Å². The molecule has 1 atom stereocenters. The normalized spacial score (nSPS) is 12.8. The van der Waals surface area contributed by atoms with Gasteiger partial charge in [0.2, 0.25) is 0 Å². The highest BCUT2D eigenvalue weighted by Crippen LogP contribution is 2.12. The zero-order valence-electron chi connectivity index (χ0n) is 36.1. The fraction of sp³-hybridized carbons (Fsp3) is 0.660. The van der Waals surface area contributed by atoms with Crippen LogP contribution in [0.5, 0.6) is 0 Å². The maximum absolute atomic E-state index is 12.7. The van der Waals surface area contributed by atoms with Crippen molar-refractivity contribution in [2.24, 2.45) is 0 Å². The third kappa shape index (κ3) is 41.7. The van der Waals surface area contributed by atoms with Crippen LogP contribution in [0, 0.1) is 0 Å². The third-order valence-electron chi connectivity index (χ3n) is 9.15. The lowest BCUT2D eigenvalue weighted by Crippen LogP contribution is -2.30. The van der Waals surface area contributed by atoms with Crippen LogP contribution in [0.1, 0.15) is 194 Å². The summed E-state index contributed by atoms with van der Waals surface area (Å²) in [5.41, 5.74) is 0. The van der Waals surface area contributed by atoms with Crippen molar-refractivity contribution in [3.05, 3.63) is 85.1 Å². The highest BCUT2D eigenvalue weighted by atomic mass is 16.6. The molecule has 0 spiro atoms. The van der Waals surface area contributed by atoms with Gasteiger partial charge in [0.05, 0.1) is 0 Å². The molecule has 0 aromatic rings. The van der Waals surface area contributed by atoms with E-state index in [1.807, 2.05) is 12.2 Å². The van der Waals surface area contributed by atoms with Gasteiger partial charge in [0.1, 0.15) is 13.2 Å². The molecule has 0 fully saturated rings. The molecule has 0 rings (SSSR count). The summed E-state index contributed by atoms with van der Waals surface area (Å²) in [6.07, 6.45) is 55.8. The summed E-state index contributed by atoms with van der Waals surface area (Å²) < 4.78 is 16.6. The zero-order chi connectivity index (χ0) is 40.8. The Labute approximate surface area is 344 Å². The third-order valence-corrected chi connectivity index (χ3v) is 9.15. The van der Waals surface area contributed by atoms with Crippen LogP contribution in [0.25, 0.3) is 0 Å². The van der Waals surface area contributed by atoms with Gasteiger partial charge in [0, 0.05) is 19.3 Å². The molecular formula is C50H82O6. The van der Waals surface area contributed by atoms with E-state index < -0.39 is 6.10 Å². The summed E-state index contributed by atoms with van der Waals surface area (Å²) in [7, 11) is 0. The first kappa shape index (κ1) is 52.6. The Bertz CT molecular complexity index is 1120. The number of hydrogen-bond acceptors (Lipinski definition) is 6. The highest BCUT2D eigenvalue weighted by Gasteiger charge is 2.19. The molecule has 0 aromatic heterocycles. The van der Waals surface area contributed by atoms with E-state index in [0.717, 1.165) is 96.3 Å². The van der Waals surface area contributed by atoms with Gasteiger partial charge in [-0.2, -0.15) is 0 Å². The first-order valence-corrected chi connectivity index (χ1v) is 22.6. The van der Waals surface area contributed by atoms with Crippen molar-refractivity contribution in [3.63, 3.8) is 0 Å². The van der Waals surface area contributed by atoms with Crippen molar-refractivity contribution < 1.29 is 28.6 Å². The molecule has 56 heavy (non-hydrogen) atoms. The zero-order valence-corrected chi connectivity index (χ0v) is 36.1. The van der Waals surface area contributed by atoms with Crippen molar-refractivity contribution in [2.45, 2.75) is 200 Å². The second-order valence-corrected chi connectivity index (χ2v) is 14.6. The molecule has 0 amide bonds. The second-order valence-electron chi connectivity index (χ2n) is 14.6. The van der Waals surface area contributed by atoms with Crippen molar-refractivity contribution in [1.29, 1.82) is 0 Å². The molecule has 0 bridgehead atoms.